The molecule has 1 aliphatic carbocycles. The number of rotatable bonds is 10. The highest BCUT2D eigenvalue weighted by Crippen LogP contribution is 2.49. The lowest BCUT2D eigenvalue weighted by atomic mass is 9.94. The van der Waals surface area contributed by atoms with Gasteiger partial charge in [-0.1, -0.05) is 40.2 Å². The highest BCUT2D eigenvalue weighted by atomic mass is 79.9. The van der Waals surface area contributed by atoms with Gasteiger partial charge in [0.15, 0.2) is 0 Å². The molecule has 3 rings (SSSR count). The average Bonchev–Trinajstić information content (AvgIpc) is 3.59. The van der Waals surface area contributed by atoms with Crippen LogP contribution in [0.4, 0.5) is 13.2 Å². The van der Waals surface area contributed by atoms with Gasteiger partial charge in [0.25, 0.3) is 0 Å². The van der Waals surface area contributed by atoms with E-state index in [2.05, 4.69) is 31.3 Å². The number of carbonyl (C=O) groups excluding carboxylic acids is 2. The number of hydrogen-bond donors (Lipinski definition) is 2. The molecule has 1 fully saturated rings. The monoisotopic (exact) mass is 541 g/mol. The maximum atomic E-state index is 13.3. The van der Waals surface area contributed by atoms with Crippen LogP contribution in [0.25, 0.3) is 0 Å². The summed E-state index contributed by atoms with van der Waals surface area (Å²) < 4.78 is 42.2. The van der Waals surface area contributed by atoms with Crippen LogP contribution in [0.15, 0.2) is 53.0 Å². The van der Waals surface area contributed by atoms with E-state index < -0.39 is 17.8 Å². The van der Waals surface area contributed by atoms with Crippen molar-refractivity contribution in [2.45, 2.75) is 37.1 Å². The average molecular weight is 542 g/mol. The first-order valence-electron chi connectivity index (χ1n) is 10.9. The van der Waals surface area contributed by atoms with Gasteiger partial charge >= 0.3 is 6.36 Å². The molecule has 0 aliphatic heterocycles. The first-order valence-corrected chi connectivity index (χ1v) is 11.6. The van der Waals surface area contributed by atoms with Gasteiger partial charge in [-0.15, -0.1) is 13.2 Å². The van der Waals surface area contributed by atoms with Gasteiger partial charge in [0.2, 0.25) is 11.8 Å². The molecule has 0 saturated heterocycles. The second-order valence-electron chi connectivity index (χ2n) is 8.37. The number of amides is 2. The fraction of sp³-hybridized carbons (Fsp3) is 0.417. The van der Waals surface area contributed by atoms with Crippen molar-refractivity contribution >= 4 is 27.7 Å². The van der Waals surface area contributed by atoms with Crippen LogP contribution in [0.1, 0.15) is 24.0 Å². The summed E-state index contributed by atoms with van der Waals surface area (Å²) in [7, 11) is 3.48. The Morgan fingerprint density at radius 1 is 1.12 bits per heavy atom. The minimum Gasteiger partial charge on any atom is -0.406 e. The predicted molar refractivity (Wildman–Crippen MR) is 125 cm³/mol. The summed E-state index contributed by atoms with van der Waals surface area (Å²) in [6.45, 7) is 1.09. The number of carbonyl (C=O) groups is 2. The maximum absolute atomic E-state index is 13.3. The quantitative estimate of drug-likeness (QED) is 0.480. The van der Waals surface area contributed by atoms with E-state index in [1.54, 1.807) is 19.0 Å². The Morgan fingerprint density at radius 3 is 2.26 bits per heavy atom. The molecule has 0 radical (unpaired) electrons. The summed E-state index contributed by atoms with van der Waals surface area (Å²) in [5.74, 6) is -0.868. The lowest BCUT2D eigenvalue weighted by molar-refractivity contribution is -0.274. The van der Waals surface area contributed by atoms with E-state index in [0.29, 0.717) is 37.9 Å². The summed E-state index contributed by atoms with van der Waals surface area (Å²) in [4.78, 5) is 28.1. The molecule has 1 aliphatic rings. The van der Waals surface area contributed by atoms with Gasteiger partial charge in [-0.25, -0.2) is 0 Å². The van der Waals surface area contributed by atoms with Crippen molar-refractivity contribution in [3.8, 4) is 5.75 Å². The largest absolute Gasteiger partial charge is 0.573 e. The molecule has 6 nitrogen and oxygen atoms in total. The van der Waals surface area contributed by atoms with Crippen molar-refractivity contribution in [2.75, 3.05) is 27.2 Å². The summed E-state index contributed by atoms with van der Waals surface area (Å²) in [6, 6.07) is 12.1. The first-order chi connectivity index (χ1) is 16.0. The Bertz CT molecular complexity index is 993. The van der Waals surface area contributed by atoms with Gasteiger partial charge < -0.3 is 20.3 Å². The molecule has 1 atom stereocenters. The highest BCUT2D eigenvalue weighted by molar-refractivity contribution is 9.10. The molecule has 0 aromatic heterocycles. The van der Waals surface area contributed by atoms with Gasteiger partial charge in [0, 0.05) is 31.0 Å². The Balaban J connectivity index is 1.77. The molecule has 2 amide bonds. The van der Waals surface area contributed by atoms with E-state index >= 15 is 0 Å². The van der Waals surface area contributed by atoms with Crippen LogP contribution in [0.2, 0.25) is 0 Å². The van der Waals surface area contributed by atoms with Crippen molar-refractivity contribution in [3.63, 3.8) is 0 Å². The molecule has 0 heterocycles. The Morgan fingerprint density at radius 2 is 1.74 bits per heavy atom. The van der Waals surface area contributed by atoms with E-state index in [4.69, 9.17) is 0 Å². The van der Waals surface area contributed by atoms with Gasteiger partial charge in [-0.3, -0.25) is 9.59 Å². The van der Waals surface area contributed by atoms with Crippen LogP contribution < -0.4 is 15.4 Å². The molecule has 10 heteroatoms. The summed E-state index contributed by atoms with van der Waals surface area (Å²) in [6.07, 6.45) is -3.37. The number of ether oxygens (including phenoxy) is 1. The number of hydrogen-bond acceptors (Lipinski definition) is 4. The van der Waals surface area contributed by atoms with Crippen LogP contribution in [-0.4, -0.2) is 56.3 Å². The molecular weight excluding hydrogens is 515 g/mol. The third-order valence-corrected chi connectivity index (χ3v) is 6.38. The SMILES string of the molecule is CNCCN(C)C(=O)C(Cc1ccc(Br)cc1)NC(=O)C1(c2ccc(OC(F)(F)F)cc2)CC1. The van der Waals surface area contributed by atoms with Crippen molar-refractivity contribution < 1.29 is 27.5 Å². The maximum Gasteiger partial charge on any atom is 0.573 e. The van der Waals surface area contributed by atoms with Crippen molar-refractivity contribution in [2.24, 2.45) is 0 Å². The van der Waals surface area contributed by atoms with E-state index in [0.717, 1.165) is 10.0 Å². The minimum atomic E-state index is -4.78. The number of nitrogens with one attached hydrogen (secondary N) is 2. The fourth-order valence-corrected chi connectivity index (χ4v) is 4.02. The van der Waals surface area contributed by atoms with Gasteiger partial charge in [-0.2, -0.15) is 0 Å². The van der Waals surface area contributed by atoms with E-state index in [-0.39, 0.29) is 17.6 Å². The van der Waals surface area contributed by atoms with Crippen LogP contribution in [0, 0.1) is 0 Å². The number of nitrogens with zero attached hydrogens (tertiary/aromatic N) is 1. The molecule has 34 heavy (non-hydrogen) atoms. The van der Waals surface area contributed by atoms with Crippen molar-refractivity contribution in [1.29, 1.82) is 0 Å². The predicted octanol–water partition coefficient (Wildman–Crippen LogP) is 3.78. The van der Waals surface area contributed by atoms with Gasteiger partial charge in [0.05, 0.1) is 5.41 Å². The normalized spacial score (nSPS) is 15.4. The second kappa shape index (κ2) is 10.8. The number of likely N-dealkylation sites (N-methyl/N-ethyl adjacent to an activating group) is 2. The van der Waals surface area contributed by atoms with E-state index in [1.165, 1.54) is 24.3 Å². The smallest absolute Gasteiger partial charge is 0.406 e. The molecule has 2 N–H and O–H groups in total. The first kappa shape index (κ1) is 26.0. The summed E-state index contributed by atoms with van der Waals surface area (Å²) >= 11 is 3.39. The molecule has 184 valence electrons. The summed E-state index contributed by atoms with van der Waals surface area (Å²) in [5.41, 5.74) is 0.624. The molecular formula is C24H27BrF3N3O3. The molecule has 2 aromatic rings. The van der Waals surface area contributed by atoms with E-state index in [9.17, 15) is 22.8 Å². The Hall–Kier alpha value is -2.59. The third kappa shape index (κ3) is 6.73. The van der Waals surface area contributed by atoms with Crippen LogP contribution in [0.5, 0.6) is 5.75 Å². The standard InChI is InChI=1S/C24H27BrF3N3O3/c1-29-13-14-31(2)21(32)20(15-16-3-7-18(25)8-4-16)30-22(33)23(11-12-23)17-5-9-19(10-6-17)34-24(26,27)28/h3-10,20,29H,11-15H2,1-2H3,(H,30,33). The fourth-order valence-electron chi connectivity index (χ4n) is 3.76. The second-order valence-corrected chi connectivity index (χ2v) is 9.29. The number of benzene rings is 2. The van der Waals surface area contributed by atoms with Crippen LogP contribution in [0.3, 0.4) is 0 Å². The van der Waals surface area contributed by atoms with Crippen molar-refractivity contribution in [1.82, 2.24) is 15.5 Å². The number of halogens is 4. The molecule has 1 saturated carbocycles. The van der Waals surface area contributed by atoms with E-state index in [1.807, 2.05) is 24.3 Å². The zero-order valence-corrected chi connectivity index (χ0v) is 20.5. The zero-order valence-electron chi connectivity index (χ0n) is 18.9. The topological polar surface area (TPSA) is 70.7 Å². The van der Waals surface area contributed by atoms with Crippen LogP contribution >= 0.6 is 15.9 Å². The highest BCUT2D eigenvalue weighted by Gasteiger charge is 2.52. The van der Waals surface area contributed by atoms with Crippen LogP contribution in [-0.2, 0) is 21.4 Å². The Labute approximate surface area is 205 Å². The van der Waals surface area contributed by atoms with Gasteiger partial charge in [-0.05, 0) is 55.3 Å². The lowest BCUT2D eigenvalue weighted by Gasteiger charge is -2.27. The van der Waals surface area contributed by atoms with Crippen molar-refractivity contribution in [3.05, 3.63) is 64.1 Å². The molecule has 1 unspecified atom stereocenters. The van der Waals surface area contributed by atoms with Gasteiger partial charge in [0.1, 0.15) is 11.8 Å². The molecule has 0 spiro atoms. The number of alkyl halides is 3. The lowest BCUT2D eigenvalue weighted by Crippen LogP contribution is -2.52. The molecule has 0 bridgehead atoms. The third-order valence-electron chi connectivity index (χ3n) is 5.86. The summed E-state index contributed by atoms with van der Waals surface area (Å²) in [5, 5.41) is 5.91. The molecule has 2 aromatic carbocycles. The zero-order chi connectivity index (χ0) is 24.9. The Kier molecular flexibility index (Phi) is 8.25. The minimum absolute atomic E-state index is 0.212.